The summed E-state index contributed by atoms with van der Waals surface area (Å²) < 4.78 is 1.87. The fraction of sp³-hybridized carbons (Fsp3) is 0.522. The number of carbonyl (C=O) groups is 1. The molecule has 1 aromatic carbocycles. The van der Waals surface area contributed by atoms with Gasteiger partial charge in [-0.3, -0.25) is 4.68 Å². The van der Waals surface area contributed by atoms with Gasteiger partial charge in [-0.2, -0.15) is 5.10 Å². The number of likely N-dealkylation sites (tertiary alicyclic amines) is 2. The molecule has 166 valence electrons. The largest absolute Gasteiger partial charge is 0.357 e. The van der Waals surface area contributed by atoms with Crippen LogP contribution in [0.5, 0.6) is 0 Å². The number of rotatable bonds is 5. The average Bonchev–Trinajstić information content (AvgIpc) is 3.52. The van der Waals surface area contributed by atoms with Crippen LogP contribution in [-0.2, 0) is 13.6 Å². The maximum Gasteiger partial charge on any atom is 0.321 e. The first-order chi connectivity index (χ1) is 15.1. The fourth-order valence-electron chi connectivity index (χ4n) is 4.34. The zero-order valence-corrected chi connectivity index (χ0v) is 18.5. The summed E-state index contributed by atoms with van der Waals surface area (Å²) in [5.41, 5.74) is 3.20. The lowest BCUT2D eigenvalue weighted by Crippen LogP contribution is -2.40. The number of hydrogen-bond donors (Lipinski definition) is 2. The van der Waals surface area contributed by atoms with Gasteiger partial charge < -0.3 is 20.4 Å². The molecule has 2 N–H and O–H groups in total. The summed E-state index contributed by atoms with van der Waals surface area (Å²) in [7, 11) is 1.96. The van der Waals surface area contributed by atoms with E-state index in [1.807, 2.05) is 41.0 Å². The standard InChI is InChI=1S/C23H33N7O/c1-3-24-22(30-12-9-19(17-30)20-15-26-28(2)16-20)25-14-18-7-6-8-21(13-18)27-23(31)29-10-4-5-11-29/h6-8,13,15-16,19H,3-5,9-12,14,17H2,1-2H3,(H,24,25)(H,27,31). The number of guanidine groups is 1. The molecule has 2 fully saturated rings. The van der Waals surface area contributed by atoms with Crippen LogP contribution < -0.4 is 10.6 Å². The highest BCUT2D eigenvalue weighted by molar-refractivity contribution is 5.89. The number of hydrogen-bond acceptors (Lipinski definition) is 3. The van der Waals surface area contributed by atoms with E-state index >= 15 is 0 Å². The Balaban J connectivity index is 1.38. The lowest BCUT2D eigenvalue weighted by Gasteiger charge is -2.21. The second-order valence-corrected chi connectivity index (χ2v) is 8.37. The molecule has 31 heavy (non-hydrogen) atoms. The highest BCUT2D eigenvalue weighted by Gasteiger charge is 2.27. The van der Waals surface area contributed by atoms with Crippen LogP contribution in [-0.4, -0.2) is 64.3 Å². The van der Waals surface area contributed by atoms with E-state index in [1.165, 1.54) is 5.56 Å². The van der Waals surface area contributed by atoms with Crippen LogP contribution >= 0.6 is 0 Å². The van der Waals surface area contributed by atoms with Crippen LogP contribution in [0.15, 0.2) is 41.7 Å². The molecule has 1 unspecified atom stereocenters. The van der Waals surface area contributed by atoms with Gasteiger partial charge in [0.1, 0.15) is 0 Å². The number of nitrogens with one attached hydrogen (secondary N) is 2. The molecule has 2 aliphatic heterocycles. The Labute approximate surface area is 184 Å². The normalized spacial score (nSPS) is 19.2. The molecule has 2 aliphatic rings. The third-order valence-electron chi connectivity index (χ3n) is 6.00. The minimum Gasteiger partial charge on any atom is -0.357 e. The molecule has 0 saturated carbocycles. The van der Waals surface area contributed by atoms with Crippen molar-refractivity contribution in [2.24, 2.45) is 12.0 Å². The van der Waals surface area contributed by atoms with Crippen molar-refractivity contribution in [2.75, 3.05) is 38.0 Å². The first-order valence-corrected chi connectivity index (χ1v) is 11.3. The Bertz CT molecular complexity index is 916. The lowest BCUT2D eigenvalue weighted by atomic mass is 10.0. The first kappa shape index (κ1) is 21.2. The molecular weight excluding hydrogens is 390 g/mol. The Kier molecular flexibility index (Phi) is 6.74. The molecule has 0 radical (unpaired) electrons. The van der Waals surface area contributed by atoms with Crippen molar-refractivity contribution in [1.82, 2.24) is 24.9 Å². The molecule has 8 heteroatoms. The van der Waals surface area contributed by atoms with Gasteiger partial charge in [0.15, 0.2) is 5.96 Å². The van der Waals surface area contributed by atoms with Gasteiger partial charge in [0.05, 0.1) is 12.7 Å². The van der Waals surface area contributed by atoms with Crippen LogP contribution in [0.2, 0.25) is 0 Å². The molecule has 2 saturated heterocycles. The van der Waals surface area contributed by atoms with Gasteiger partial charge in [0.25, 0.3) is 0 Å². The van der Waals surface area contributed by atoms with E-state index < -0.39 is 0 Å². The smallest absolute Gasteiger partial charge is 0.321 e. The van der Waals surface area contributed by atoms with E-state index in [1.54, 1.807) is 0 Å². The van der Waals surface area contributed by atoms with Gasteiger partial charge in [-0.1, -0.05) is 12.1 Å². The van der Waals surface area contributed by atoms with Gasteiger partial charge in [-0.15, -0.1) is 0 Å². The highest BCUT2D eigenvalue weighted by atomic mass is 16.2. The van der Waals surface area contributed by atoms with E-state index in [0.717, 1.165) is 69.2 Å². The zero-order valence-electron chi connectivity index (χ0n) is 18.5. The van der Waals surface area contributed by atoms with Crippen molar-refractivity contribution in [2.45, 2.75) is 38.6 Å². The molecule has 1 aromatic heterocycles. The summed E-state index contributed by atoms with van der Waals surface area (Å²) in [6, 6.07) is 7.98. The van der Waals surface area contributed by atoms with Crippen LogP contribution in [0.3, 0.4) is 0 Å². The van der Waals surface area contributed by atoms with Crippen molar-refractivity contribution in [3.63, 3.8) is 0 Å². The quantitative estimate of drug-likeness (QED) is 0.573. The van der Waals surface area contributed by atoms with E-state index in [2.05, 4.69) is 39.8 Å². The van der Waals surface area contributed by atoms with Gasteiger partial charge in [0.2, 0.25) is 0 Å². The Hall–Kier alpha value is -3.03. The van der Waals surface area contributed by atoms with E-state index in [9.17, 15) is 4.79 Å². The predicted octanol–water partition coefficient (Wildman–Crippen LogP) is 3.00. The average molecular weight is 424 g/mol. The predicted molar refractivity (Wildman–Crippen MR) is 123 cm³/mol. The number of carbonyl (C=O) groups excluding carboxylic acids is 1. The van der Waals surface area contributed by atoms with Gasteiger partial charge in [-0.25, -0.2) is 9.79 Å². The second kappa shape index (κ2) is 9.85. The van der Waals surface area contributed by atoms with Crippen LogP contribution in [0, 0.1) is 0 Å². The SMILES string of the molecule is CCNC(=NCc1cccc(NC(=O)N2CCCC2)c1)N1CCC(c2cnn(C)c2)C1. The van der Waals surface area contributed by atoms with Crippen LogP contribution in [0.25, 0.3) is 0 Å². The van der Waals surface area contributed by atoms with E-state index in [4.69, 9.17) is 4.99 Å². The third kappa shape index (κ3) is 5.37. The number of benzene rings is 1. The van der Waals surface area contributed by atoms with Crippen molar-refractivity contribution in [1.29, 1.82) is 0 Å². The number of urea groups is 1. The van der Waals surface area contributed by atoms with Crippen molar-refractivity contribution in [3.05, 3.63) is 47.8 Å². The number of aromatic nitrogens is 2. The van der Waals surface area contributed by atoms with Crippen molar-refractivity contribution >= 4 is 17.7 Å². The monoisotopic (exact) mass is 423 g/mol. The molecule has 2 amide bonds. The maximum absolute atomic E-state index is 12.4. The molecule has 1 atom stereocenters. The van der Waals surface area contributed by atoms with E-state index in [0.29, 0.717) is 12.5 Å². The summed E-state index contributed by atoms with van der Waals surface area (Å²) in [4.78, 5) is 21.5. The molecule has 3 heterocycles. The number of aryl methyl sites for hydroxylation is 1. The Morgan fingerprint density at radius 3 is 2.81 bits per heavy atom. The zero-order chi connectivity index (χ0) is 21.6. The summed E-state index contributed by atoms with van der Waals surface area (Å²) in [6.07, 6.45) is 7.37. The molecule has 0 spiro atoms. The molecule has 0 bridgehead atoms. The summed E-state index contributed by atoms with van der Waals surface area (Å²) in [5, 5.41) is 10.8. The van der Waals surface area contributed by atoms with Crippen LogP contribution in [0.4, 0.5) is 10.5 Å². The minimum absolute atomic E-state index is 0.00926. The van der Waals surface area contributed by atoms with Crippen molar-refractivity contribution < 1.29 is 4.79 Å². The fourth-order valence-corrected chi connectivity index (χ4v) is 4.34. The number of nitrogens with zero attached hydrogens (tertiary/aromatic N) is 5. The van der Waals surface area contributed by atoms with Crippen molar-refractivity contribution in [3.8, 4) is 0 Å². The van der Waals surface area contributed by atoms with E-state index in [-0.39, 0.29) is 6.03 Å². The number of aliphatic imine (C=N–C) groups is 1. The van der Waals surface area contributed by atoms with Gasteiger partial charge in [-0.05, 0) is 49.4 Å². The molecule has 2 aromatic rings. The Morgan fingerprint density at radius 1 is 1.23 bits per heavy atom. The Morgan fingerprint density at radius 2 is 2.06 bits per heavy atom. The summed E-state index contributed by atoms with van der Waals surface area (Å²) >= 11 is 0. The highest BCUT2D eigenvalue weighted by Crippen LogP contribution is 2.26. The maximum atomic E-state index is 12.4. The molecule has 0 aliphatic carbocycles. The topological polar surface area (TPSA) is 77.8 Å². The van der Waals surface area contributed by atoms with Crippen LogP contribution in [0.1, 0.15) is 43.2 Å². The third-order valence-corrected chi connectivity index (χ3v) is 6.00. The molecule has 4 rings (SSSR count). The number of amides is 2. The number of anilines is 1. The molecular formula is C23H33N7O. The van der Waals surface area contributed by atoms with Gasteiger partial charge >= 0.3 is 6.03 Å². The first-order valence-electron chi connectivity index (χ1n) is 11.3. The summed E-state index contributed by atoms with van der Waals surface area (Å²) in [6.45, 7) is 7.12. The van der Waals surface area contributed by atoms with Gasteiger partial charge in [0, 0.05) is 57.6 Å². The second-order valence-electron chi connectivity index (χ2n) is 8.37. The summed E-state index contributed by atoms with van der Waals surface area (Å²) in [5.74, 6) is 1.43. The molecule has 8 nitrogen and oxygen atoms in total. The minimum atomic E-state index is -0.00926. The lowest BCUT2D eigenvalue weighted by molar-refractivity contribution is 0.222.